The van der Waals surface area contributed by atoms with Crippen LogP contribution in [0, 0.1) is 5.92 Å². The lowest BCUT2D eigenvalue weighted by atomic mass is 10.0. The lowest BCUT2D eigenvalue weighted by Crippen LogP contribution is -2.55. The van der Waals surface area contributed by atoms with Crippen molar-refractivity contribution in [3.05, 3.63) is 29.3 Å². The molecule has 224 valence electrons. The molecular weight excluding hydrogens is 544 g/mol. The zero-order valence-corrected chi connectivity index (χ0v) is 24.6. The van der Waals surface area contributed by atoms with Crippen LogP contribution in [0.25, 0.3) is 0 Å². The molecule has 0 saturated heterocycles. The van der Waals surface area contributed by atoms with Crippen LogP contribution in [0.1, 0.15) is 58.6 Å². The number of hydrogen-bond donors (Lipinski definition) is 6. The Labute approximate surface area is 239 Å². The molecule has 0 bridgehead atoms. The number of carboxylic acid groups (broad SMARTS) is 1. The molecule has 0 aliphatic heterocycles. The molecule has 1 aromatic carbocycles. The average Bonchev–Trinajstić information content (AvgIpc) is 2.82. The highest BCUT2D eigenvalue weighted by atomic mass is 35.5. The second-order valence-corrected chi connectivity index (χ2v) is 10.9. The van der Waals surface area contributed by atoms with E-state index in [4.69, 9.17) is 22.1 Å². The van der Waals surface area contributed by atoms with Crippen LogP contribution in [0.5, 0.6) is 0 Å². The molecule has 0 aromatic heterocycles. The maximum Gasteiger partial charge on any atom is 0.408 e. The number of benzene rings is 1. The Morgan fingerprint density at radius 1 is 1.07 bits per heavy atom. The van der Waals surface area contributed by atoms with Gasteiger partial charge in [-0.2, -0.15) is 0 Å². The van der Waals surface area contributed by atoms with E-state index >= 15 is 0 Å². The van der Waals surface area contributed by atoms with E-state index in [1.54, 1.807) is 52.8 Å². The molecule has 7 N–H and O–H groups in total. The smallest absolute Gasteiger partial charge is 0.408 e. The second-order valence-electron chi connectivity index (χ2n) is 10.6. The number of amides is 6. The van der Waals surface area contributed by atoms with Gasteiger partial charge in [0.15, 0.2) is 0 Å². The van der Waals surface area contributed by atoms with Crippen molar-refractivity contribution in [2.75, 3.05) is 18.9 Å². The Balaban J connectivity index is 3.13. The summed E-state index contributed by atoms with van der Waals surface area (Å²) in [4.78, 5) is 62.2. The minimum absolute atomic E-state index is 0.0481. The van der Waals surface area contributed by atoms with E-state index in [9.17, 15) is 29.1 Å². The summed E-state index contributed by atoms with van der Waals surface area (Å²) in [6.07, 6.45) is -1.44. The van der Waals surface area contributed by atoms with E-state index in [1.807, 2.05) is 0 Å². The summed E-state index contributed by atoms with van der Waals surface area (Å²) < 4.78 is 5.26. The van der Waals surface area contributed by atoms with Crippen molar-refractivity contribution in [3.63, 3.8) is 0 Å². The van der Waals surface area contributed by atoms with Gasteiger partial charge in [0.2, 0.25) is 11.8 Å². The summed E-state index contributed by atoms with van der Waals surface area (Å²) >= 11 is 6.00. The molecule has 0 radical (unpaired) electrons. The van der Waals surface area contributed by atoms with Crippen LogP contribution in [0.4, 0.5) is 20.1 Å². The highest BCUT2D eigenvalue weighted by Gasteiger charge is 2.30. The van der Waals surface area contributed by atoms with Crippen molar-refractivity contribution in [2.45, 2.75) is 77.6 Å². The number of alkyl carbamates (subject to hydrolysis) is 1. The number of ether oxygens (including phenoxy) is 1. The van der Waals surface area contributed by atoms with Crippen LogP contribution in [0.2, 0.25) is 0 Å². The minimum atomic E-state index is -1.12. The van der Waals surface area contributed by atoms with E-state index in [2.05, 4.69) is 21.3 Å². The summed E-state index contributed by atoms with van der Waals surface area (Å²) in [5, 5.41) is 19.6. The normalized spacial score (nSPS) is 12.6. The highest BCUT2D eigenvalue weighted by molar-refractivity contribution is 6.17. The van der Waals surface area contributed by atoms with E-state index < -0.39 is 47.7 Å². The van der Waals surface area contributed by atoms with Crippen LogP contribution in [-0.4, -0.2) is 71.3 Å². The zero-order valence-electron chi connectivity index (χ0n) is 23.8. The third-order valence-corrected chi connectivity index (χ3v) is 5.86. The number of nitrogens with two attached hydrogens (primary N) is 1. The fraction of sp³-hybridized carbons (Fsp3) is 0.577. The number of alkyl halides is 1. The second kappa shape index (κ2) is 15.8. The number of carbonyl (C=O) groups excluding carboxylic acids is 4. The van der Waals surface area contributed by atoms with Crippen molar-refractivity contribution < 1.29 is 33.8 Å². The van der Waals surface area contributed by atoms with Gasteiger partial charge in [0.1, 0.15) is 17.7 Å². The van der Waals surface area contributed by atoms with Gasteiger partial charge in [-0.15, -0.1) is 11.6 Å². The third kappa shape index (κ3) is 12.4. The first-order valence-corrected chi connectivity index (χ1v) is 13.3. The van der Waals surface area contributed by atoms with E-state index in [0.717, 1.165) is 4.90 Å². The number of halogens is 1. The number of nitrogens with one attached hydrogen (secondary N) is 4. The molecule has 0 saturated carbocycles. The molecule has 1 aromatic rings. The monoisotopic (exact) mass is 584 g/mol. The molecule has 13 nitrogen and oxygen atoms in total. The first kappa shape index (κ1) is 34.3. The van der Waals surface area contributed by atoms with Gasteiger partial charge in [0.25, 0.3) is 0 Å². The standard InChI is InChI=1S/C26H41ClN6O7/c1-15(2)20(32-24(37)40-26(3,4)5)22(35)31-19(8-7-11-29-23(28)36)21(34)30-18-10-9-16(13-27)17(12-18)14-33(6)25(38)39/h9-10,12,15,19-20H,7-8,11,13-14H2,1-6H3,(H,30,34)(H,31,35)(H,32,37)(H,38,39)(H3,28,29,36)/t19-,20-/m0/s1. The van der Waals surface area contributed by atoms with Gasteiger partial charge in [0, 0.05) is 31.7 Å². The molecular formula is C26H41ClN6O7. The Bertz CT molecular complexity index is 1060. The molecule has 0 heterocycles. The molecule has 6 amide bonds. The molecule has 1 rings (SSSR count). The zero-order chi connectivity index (χ0) is 30.6. The number of hydrogen-bond acceptors (Lipinski definition) is 6. The van der Waals surface area contributed by atoms with Gasteiger partial charge in [0.05, 0.1) is 0 Å². The van der Waals surface area contributed by atoms with Crippen molar-refractivity contribution >= 4 is 47.3 Å². The van der Waals surface area contributed by atoms with Gasteiger partial charge in [-0.1, -0.05) is 19.9 Å². The molecule has 40 heavy (non-hydrogen) atoms. The van der Waals surface area contributed by atoms with E-state index in [0.29, 0.717) is 23.2 Å². The summed E-state index contributed by atoms with van der Waals surface area (Å²) in [6, 6.07) is 2.16. The van der Waals surface area contributed by atoms with Gasteiger partial charge in [-0.05, 0) is 62.8 Å². The Hall–Kier alpha value is -3.74. The number of rotatable bonds is 13. The van der Waals surface area contributed by atoms with Gasteiger partial charge in [-0.3, -0.25) is 9.59 Å². The molecule has 0 unspecified atom stereocenters. The Morgan fingerprint density at radius 3 is 2.25 bits per heavy atom. The van der Waals surface area contributed by atoms with E-state index in [-0.39, 0.29) is 31.3 Å². The van der Waals surface area contributed by atoms with Crippen LogP contribution < -0.4 is 27.0 Å². The maximum absolute atomic E-state index is 13.3. The minimum Gasteiger partial charge on any atom is -0.465 e. The molecule has 0 aliphatic carbocycles. The molecule has 0 aliphatic rings. The average molecular weight is 585 g/mol. The number of anilines is 1. The molecule has 0 spiro atoms. The summed E-state index contributed by atoms with van der Waals surface area (Å²) in [7, 11) is 1.41. The first-order valence-electron chi connectivity index (χ1n) is 12.8. The van der Waals surface area contributed by atoms with Crippen LogP contribution in [-0.2, 0) is 26.8 Å². The first-order chi connectivity index (χ1) is 18.5. The van der Waals surface area contributed by atoms with Gasteiger partial charge in [-0.25, -0.2) is 14.4 Å². The lowest BCUT2D eigenvalue weighted by molar-refractivity contribution is -0.128. The quantitative estimate of drug-likeness (QED) is 0.151. The van der Waals surface area contributed by atoms with Crippen molar-refractivity contribution in [3.8, 4) is 0 Å². The largest absolute Gasteiger partial charge is 0.465 e. The predicted octanol–water partition coefficient (Wildman–Crippen LogP) is 2.96. The summed E-state index contributed by atoms with van der Waals surface area (Å²) in [5.41, 5.74) is 6.01. The third-order valence-electron chi connectivity index (χ3n) is 5.57. The number of carbonyl (C=O) groups is 5. The molecule has 2 atom stereocenters. The summed E-state index contributed by atoms with van der Waals surface area (Å²) in [5.74, 6) is -1.33. The summed E-state index contributed by atoms with van der Waals surface area (Å²) in [6.45, 7) is 8.79. The van der Waals surface area contributed by atoms with Gasteiger partial charge >= 0.3 is 18.2 Å². The Morgan fingerprint density at radius 2 is 1.73 bits per heavy atom. The van der Waals surface area contributed by atoms with Crippen molar-refractivity contribution in [2.24, 2.45) is 11.7 Å². The molecule has 14 heteroatoms. The van der Waals surface area contributed by atoms with Crippen LogP contribution in [0.15, 0.2) is 18.2 Å². The van der Waals surface area contributed by atoms with Crippen molar-refractivity contribution in [1.82, 2.24) is 20.9 Å². The number of urea groups is 1. The fourth-order valence-corrected chi connectivity index (χ4v) is 3.81. The van der Waals surface area contributed by atoms with E-state index in [1.165, 1.54) is 7.05 Å². The fourth-order valence-electron chi connectivity index (χ4n) is 3.55. The number of nitrogens with zero attached hydrogens (tertiary/aromatic N) is 1. The van der Waals surface area contributed by atoms with Gasteiger partial charge < -0.3 is 41.7 Å². The van der Waals surface area contributed by atoms with Crippen LogP contribution >= 0.6 is 11.6 Å². The highest BCUT2D eigenvalue weighted by Crippen LogP contribution is 2.20. The maximum atomic E-state index is 13.3. The number of primary amides is 1. The lowest BCUT2D eigenvalue weighted by Gasteiger charge is -2.27. The van der Waals surface area contributed by atoms with Crippen LogP contribution in [0.3, 0.4) is 0 Å². The SMILES string of the molecule is CC(C)[C@H](NC(=O)OC(C)(C)C)C(=O)N[C@@H](CCCNC(N)=O)C(=O)Nc1ccc(CCl)c(CN(C)C(=O)O)c1. The topological polar surface area (TPSA) is 192 Å². The van der Waals surface area contributed by atoms with Crippen molar-refractivity contribution in [1.29, 1.82) is 0 Å². The Kier molecular flexibility index (Phi) is 13.5. The molecule has 0 fully saturated rings. The predicted molar refractivity (Wildman–Crippen MR) is 151 cm³/mol.